The SMILES string of the molecule is N#Cc1cc(NCc2cn(-c3ccc(Oc4ccccc4)cc3)nn2)cc(C#N)n1. The van der Waals surface area contributed by atoms with Gasteiger partial charge in [0.2, 0.25) is 0 Å². The summed E-state index contributed by atoms with van der Waals surface area (Å²) >= 11 is 0. The first kappa shape index (κ1) is 18.7. The lowest BCUT2D eigenvalue weighted by Crippen LogP contribution is -2.01. The minimum Gasteiger partial charge on any atom is -0.457 e. The number of hydrogen-bond donors (Lipinski definition) is 1. The van der Waals surface area contributed by atoms with Gasteiger partial charge < -0.3 is 10.1 Å². The number of hydrogen-bond acceptors (Lipinski definition) is 7. The Morgan fingerprint density at radius 1 is 0.900 bits per heavy atom. The highest BCUT2D eigenvalue weighted by atomic mass is 16.5. The average Bonchev–Trinajstić information content (AvgIpc) is 3.27. The van der Waals surface area contributed by atoms with Crippen LogP contribution in [0.1, 0.15) is 17.1 Å². The molecule has 0 atom stereocenters. The molecule has 1 N–H and O–H groups in total. The maximum Gasteiger partial charge on any atom is 0.144 e. The Balaban J connectivity index is 1.42. The number of benzene rings is 2. The predicted octanol–water partition coefficient (Wildman–Crippen LogP) is 3.81. The molecule has 4 rings (SSSR count). The van der Waals surface area contributed by atoms with E-state index in [9.17, 15) is 0 Å². The van der Waals surface area contributed by atoms with Gasteiger partial charge in [0.25, 0.3) is 0 Å². The molecule has 4 aromatic rings. The van der Waals surface area contributed by atoms with Crippen LogP contribution >= 0.6 is 0 Å². The summed E-state index contributed by atoms with van der Waals surface area (Å²) in [5.74, 6) is 1.50. The molecule has 0 saturated heterocycles. The Morgan fingerprint density at radius 2 is 1.57 bits per heavy atom. The molecule has 8 nitrogen and oxygen atoms in total. The second kappa shape index (κ2) is 8.55. The molecule has 2 heterocycles. The molecular formula is C22H15N7O. The summed E-state index contributed by atoms with van der Waals surface area (Å²) in [6.07, 6.45) is 1.80. The number of rotatable bonds is 6. The van der Waals surface area contributed by atoms with Gasteiger partial charge in [-0.25, -0.2) is 9.67 Å². The lowest BCUT2D eigenvalue weighted by Gasteiger charge is -2.06. The first-order valence-electron chi connectivity index (χ1n) is 9.04. The lowest BCUT2D eigenvalue weighted by atomic mass is 10.2. The molecule has 0 fully saturated rings. The fraction of sp³-hybridized carbons (Fsp3) is 0.0455. The van der Waals surface area contributed by atoms with Crippen molar-refractivity contribution in [3.05, 3.63) is 90.0 Å². The maximum atomic E-state index is 9.01. The molecule has 30 heavy (non-hydrogen) atoms. The number of anilines is 1. The summed E-state index contributed by atoms with van der Waals surface area (Å²) in [6, 6.07) is 24.1. The first-order valence-corrected chi connectivity index (χ1v) is 9.04. The zero-order valence-corrected chi connectivity index (χ0v) is 15.7. The summed E-state index contributed by atoms with van der Waals surface area (Å²) in [5, 5.41) is 29.5. The topological polar surface area (TPSA) is 112 Å². The minimum absolute atomic E-state index is 0.179. The molecule has 0 spiro atoms. The molecule has 0 amide bonds. The standard InChI is InChI=1S/C22H15N7O/c23-12-17-10-16(11-18(13-24)26-17)25-14-19-15-29(28-27-19)20-6-8-22(9-7-20)30-21-4-2-1-3-5-21/h1-11,15H,14H2,(H,25,26). The molecule has 2 aromatic heterocycles. The van der Waals surface area contributed by atoms with E-state index in [1.54, 1.807) is 23.0 Å². The third-order valence-corrected chi connectivity index (χ3v) is 4.15. The largest absolute Gasteiger partial charge is 0.457 e. The number of pyridine rings is 1. The zero-order chi connectivity index (χ0) is 20.8. The van der Waals surface area contributed by atoms with Gasteiger partial charge in [-0.3, -0.25) is 0 Å². The summed E-state index contributed by atoms with van der Waals surface area (Å²) in [6.45, 7) is 0.384. The molecule has 0 radical (unpaired) electrons. The van der Waals surface area contributed by atoms with E-state index in [1.807, 2.05) is 66.7 Å². The maximum absolute atomic E-state index is 9.01. The number of ether oxygens (including phenoxy) is 1. The molecule has 0 aliphatic carbocycles. The second-order valence-electron chi connectivity index (χ2n) is 6.27. The number of aromatic nitrogens is 4. The summed E-state index contributed by atoms with van der Waals surface area (Å²) in [4.78, 5) is 3.90. The molecule has 0 aliphatic rings. The molecule has 0 saturated carbocycles. The lowest BCUT2D eigenvalue weighted by molar-refractivity contribution is 0.482. The Morgan fingerprint density at radius 3 is 2.23 bits per heavy atom. The Labute approximate surface area is 172 Å². The van der Waals surface area contributed by atoms with Crippen molar-refractivity contribution >= 4 is 5.69 Å². The van der Waals surface area contributed by atoms with Crippen molar-refractivity contribution in [3.63, 3.8) is 0 Å². The van der Waals surface area contributed by atoms with Gasteiger partial charge in [0.05, 0.1) is 18.4 Å². The van der Waals surface area contributed by atoms with E-state index in [-0.39, 0.29) is 11.4 Å². The number of nitriles is 2. The fourth-order valence-electron chi connectivity index (χ4n) is 2.74. The molecule has 0 bridgehead atoms. The highest BCUT2D eigenvalue weighted by Gasteiger charge is 2.06. The number of nitrogens with one attached hydrogen (secondary N) is 1. The highest BCUT2D eigenvalue weighted by molar-refractivity contribution is 5.50. The minimum atomic E-state index is 0.179. The Hall–Kier alpha value is -4.69. The predicted molar refractivity (Wildman–Crippen MR) is 109 cm³/mol. The van der Waals surface area contributed by atoms with Crippen molar-refractivity contribution in [3.8, 4) is 29.3 Å². The van der Waals surface area contributed by atoms with Crippen LogP contribution in [-0.2, 0) is 6.54 Å². The van der Waals surface area contributed by atoms with Crippen LogP contribution in [0, 0.1) is 22.7 Å². The van der Waals surface area contributed by atoms with Crippen molar-refractivity contribution in [2.75, 3.05) is 5.32 Å². The van der Waals surface area contributed by atoms with Gasteiger partial charge in [-0.1, -0.05) is 23.4 Å². The van der Waals surface area contributed by atoms with Crippen LogP contribution in [0.3, 0.4) is 0 Å². The van der Waals surface area contributed by atoms with E-state index in [4.69, 9.17) is 15.3 Å². The van der Waals surface area contributed by atoms with Crippen LogP contribution in [0.15, 0.2) is 72.9 Å². The second-order valence-corrected chi connectivity index (χ2v) is 6.27. The van der Waals surface area contributed by atoms with Crippen molar-refractivity contribution < 1.29 is 4.74 Å². The van der Waals surface area contributed by atoms with Gasteiger partial charge in [0.1, 0.15) is 40.7 Å². The van der Waals surface area contributed by atoms with Gasteiger partial charge >= 0.3 is 0 Å². The van der Waals surface area contributed by atoms with Gasteiger partial charge in [-0.15, -0.1) is 5.10 Å². The van der Waals surface area contributed by atoms with Gasteiger partial charge in [-0.05, 0) is 48.5 Å². The number of nitrogens with zero attached hydrogens (tertiary/aromatic N) is 6. The smallest absolute Gasteiger partial charge is 0.144 e. The third-order valence-electron chi connectivity index (χ3n) is 4.15. The summed E-state index contributed by atoms with van der Waals surface area (Å²) in [5.41, 5.74) is 2.52. The van der Waals surface area contributed by atoms with Crippen LogP contribution in [-0.4, -0.2) is 20.0 Å². The van der Waals surface area contributed by atoms with Crippen molar-refractivity contribution in [2.24, 2.45) is 0 Å². The fourth-order valence-corrected chi connectivity index (χ4v) is 2.74. The monoisotopic (exact) mass is 393 g/mol. The van der Waals surface area contributed by atoms with Crippen LogP contribution in [0.25, 0.3) is 5.69 Å². The van der Waals surface area contributed by atoms with E-state index in [0.29, 0.717) is 17.9 Å². The molecule has 0 unspecified atom stereocenters. The van der Waals surface area contributed by atoms with E-state index in [2.05, 4.69) is 20.6 Å². The quantitative estimate of drug-likeness (QED) is 0.530. The van der Waals surface area contributed by atoms with E-state index in [0.717, 1.165) is 17.2 Å². The van der Waals surface area contributed by atoms with Crippen molar-refractivity contribution in [1.29, 1.82) is 10.5 Å². The Kier molecular flexibility index (Phi) is 5.32. The molecule has 2 aromatic carbocycles. The normalized spacial score (nSPS) is 10.1. The van der Waals surface area contributed by atoms with Crippen molar-refractivity contribution in [1.82, 2.24) is 20.0 Å². The van der Waals surface area contributed by atoms with Gasteiger partial charge in [0.15, 0.2) is 0 Å². The zero-order valence-electron chi connectivity index (χ0n) is 15.7. The highest BCUT2D eigenvalue weighted by Crippen LogP contribution is 2.22. The van der Waals surface area contributed by atoms with Crippen LogP contribution in [0.5, 0.6) is 11.5 Å². The third kappa shape index (κ3) is 4.41. The van der Waals surface area contributed by atoms with E-state index < -0.39 is 0 Å². The molecule has 0 aliphatic heterocycles. The summed E-state index contributed by atoms with van der Waals surface area (Å²) < 4.78 is 7.46. The van der Waals surface area contributed by atoms with Crippen molar-refractivity contribution in [2.45, 2.75) is 6.54 Å². The molecule has 144 valence electrons. The first-order chi connectivity index (χ1) is 14.7. The van der Waals surface area contributed by atoms with Crippen LogP contribution < -0.4 is 10.1 Å². The average molecular weight is 393 g/mol. The van der Waals surface area contributed by atoms with E-state index >= 15 is 0 Å². The summed E-state index contributed by atoms with van der Waals surface area (Å²) in [7, 11) is 0. The molecular weight excluding hydrogens is 378 g/mol. The van der Waals surface area contributed by atoms with Crippen LogP contribution in [0.2, 0.25) is 0 Å². The molecule has 8 heteroatoms. The number of para-hydroxylation sites is 1. The van der Waals surface area contributed by atoms with Gasteiger partial charge in [-0.2, -0.15) is 10.5 Å². The Bertz CT molecular complexity index is 1200. The van der Waals surface area contributed by atoms with Gasteiger partial charge in [0, 0.05) is 5.69 Å². The van der Waals surface area contributed by atoms with E-state index in [1.165, 1.54) is 0 Å². The van der Waals surface area contributed by atoms with Crippen LogP contribution in [0.4, 0.5) is 5.69 Å².